The Labute approximate surface area is 131 Å². The minimum absolute atomic E-state index is 0.0631. The first-order valence-electron chi connectivity index (χ1n) is 7.24. The van der Waals surface area contributed by atoms with Crippen LogP contribution in [0.4, 0.5) is 0 Å². The fraction of sp³-hybridized carbons (Fsp3) is 0.500. The lowest BCUT2D eigenvalue weighted by atomic mass is 9.94. The summed E-state index contributed by atoms with van der Waals surface area (Å²) in [6.07, 6.45) is 1.95. The van der Waals surface area contributed by atoms with Crippen LogP contribution in [0.15, 0.2) is 24.3 Å². The van der Waals surface area contributed by atoms with Gasteiger partial charge < -0.3 is 11.1 Å². The van der Waals surface area contributed by atoms with Gasteiger partial charge in [0.05, 0.1) is 0 Å². The molecule has 3 N–H and O–H groups in total. The first-order valence-corrected chi connectivity index (χ1v) is 7.62. The first kappa shape index (κ1) is 17.7. The highest BCUT2D eigenvalue weighted by Crippen LogP contribution is 2.12. The summed E-state index contributed by atoms with van der Waals surface area (Å²) in [6.45, 7) is 4.44. The van der Waals surface area contributed by atoms with Crippen LogP contribution in [0, 0.1) is 0 Å². The third-order valence-electron chi connectivity index (χ3n) is 3.79. The molecule has 0 aromatic heterocycles. The second kappa shape index (κ2) is 8.15. The molecule has 4 nitrogen and oxygen atoms in total. The van der Waals surface area contributed by atoms with Gasteiger partial charge in [0.1, 0.15) is 0 Å². The zero-order valence-electron chi connectivity index (χ0n) is 12.6. The highest BCUT2D eigenvalue weighted by molar-refractivity contribution is 6.30. The van der Waals surface area contributed by atoms with Crippen molar-refractivity contribution in [3.8, 4) is 0 Å². The summed E-state index contributed by atoms with van der Waals surface area (Å²) in [7, 11) is 0. The van der Waals surface area contributed by atoms with Crippen LogP contribution in [-0.4, -0.2) is 23.8 Å². The molecule has 0 aliphatic heterocycles. The number of halogens is 1. The molecule has 0 unspecified atom stereocenters. The normalized spacial score (nSPS) is 11.2. The zero-order chi connectivity index (χ0) is 15.9. The molecule has 0 saturated heterocycles. The number of nitrogens with one attached hydrogen (secondary N) is 1. The maximum Gasteiger partial charge on any atom is 0.220 e. The number of hydrogen-bond acceptors (Lipinski definition) is 3. The van der Waals surface area contributed by atoms with Gasteiger partial charge in [-0.05, 0) is 37.1 Å². The Balaban J connectivity index is 2.39. The van der Waals surface area contributed by atoms with Crippen molar-refractivity contribution in [1.29, 1.82) is 0 Å². The standard InChI is InChI=1S/C16H23ClN2O2/c1-3-16(18,4-2)11-19-15(21)10-9-14(20)12-5-7-13(17)8-6-12/h5-8H,3-4,9-11,18H2,1-2H3,(H,19,21). The number of benzene rings is 1. The van der Waals surface area contributed by atoms with E-state index in [1.165, 1.54) is 0 Å². The summed E-state index contributed by atoms with van der Waals surface area (Å²) in [6, 6.07) is 6.67. The predicted molar refractivity (Wildman–Crippen MR) is 85.5 cm³/mol. The largest absolute Gasteiger partial charge is 0.354 e. The number of rotatable bonds is 8. The molecule has 1 aromatic rings. The smallest absolute Gasteiger partial charge is 0.220 e. The number of carbonyl (C=O) groups excluding carboxylic acids is 2. The van der Waals surface area contributed by atoms with Gasteiger partial charge in [0.15, 0.2) is 5.78 Å². The number of ketones is 1. The zero-order valence-corrected chi connectivity index (χ0v) is 13.4. The van der Waals surface area contributed by atoms with Crippen LogP contribution in [0.1, 0.15) is 49.9 Å². The summed E-state index contributed by atoms with van der Waals surface area (Å²) >= 11 is 5.77. The molecule has 0 saturated carbocycles. The molecule has 0 atom stereocenters. The Morgan fingerprint density at radius 3 is 2.24 bits per heavy atom. The van der Waals surface area contributed by atoms with E-state index in [2.05, 4.69) is 5.32 Å². The number of amides is 1. The van der Waals surface area contributed by atoms with Crippen LogP contribution in [0.5, 0.6) is 0 Å². The third kappa shape index (κ3) is 5.86. The second-order valence-corrected chi connectivity index (χ2v) is 5.71. The Morgan fingerprint density at radius 2 is 1.71 bits per heavy atom. The van der Waals surface area contributed by atoms with Gasteiger partial charge in [0, 0.05) is 35.5 Å². The van der Waals surface area contributed by atoms with Gasteiger partial charge in [0.25, 0.3) is 0 Å². The molecule has 0 fully saturated rings. The number of Topliss-reactive ketones (excluding diaryl/α,β-unsaturated/α-hetero) is 1. The second-order valence-electron chi connectivity index (χ2n) is 5.28. The molecular weight excluding hydrogens is 288 g/mol. The predicted octanol–water partition coefficient (Wildman–Crippen LogP) is 2.94. The van der Waals surface area contributed by atoms with Crippen LogP contribution < -0.4 is 11.1 Å². The van der Waals surface area contributed by atoms with Crippen molar-refractivity contribution in [2.24, 2.45) is 5.73 Å². The molecule has 0 aliphatic rings. The summed E-state index contributed by atoms with van der Waals surface area (Å²) in [5.74, 6) is -0.208. The molecule has 1 amide bonds. The van der Waals surface area contributed by atoms with Crippen molar-refractivity contribution < 1.29 is 9.59 Å². The van der Waals surface area contributed by atoms with Gasteiger partial charge in [0.2, 0.25) is 5.91 Å². The van der Waals surface area contributed by atoms with Crippen molar-refractivity contribution in [1.82, 2.24) is 5.32 Å². The van der Waals surface area contributed by atoms with Gasteiger partial charge >= 0.3 is 0 Å². The fourth-order valence-electron chi connectivity index (χ4n) is 1.87. The Kier molecular flexibility index (Phi) is 6.85. The molecule has 21 heavy (non-hydrogen) atoms. The van der Waals surface area contributed by atoms with Gasteiger partial charge in [-0.15, -0.1) is 0 Å². The van der Waals surface area contributed by atoms with Crippen molar-refractivity contribution >= 4 is 23.3 Å². The first-order chi connectivity index (χ1) is 9.90. The lowest BCUT2D eigenvalue weighted by Crippen LogP contribution is -2.49. The van der Waals surface area contributed by atoms with E-state index < -0.39 is 0 Å². The van der Waals surface area contributed by atoms with Crippen LogP contribution in [0.25, 0.3) is 0 Å². The minimum atomic E-state index is -0.365. The third-order valence-corrected chi connectivity index (χ3v) is 4.04. The molecule has 0 spiro atoms. The number of nitrogens with two attached hydrogens (primary N) is 1. The SMILES string of the molecule is CCC(N)(CC)CNC(=O)CCC(=O)c1ccc(Cl)cc1. The number of hydrogen-bond donors (Lipinski definition) is 2. The molecule has 0 aliphatic carbocycles. The summed E-state index contributed by atoms with van der Waals surface area (Å²) in [4.78, 5) is 23.7. The summed E-state index contributed by atoms with van der Waals surface area (Å²) in [5.41, 5.74) is 6.32. The van der Waals surface area contributed by atoms with E-state index in [0.717, 1.165) is 12.8 Å². The van der Waals surface area contributed by atoms with Gasteiger partial charge in [-0.3, -0.25) is 9.59 Å². The molecular formula is C16H23ClN2O2. The maximum absolute atomic E-state index is 11.9. The lowest BCUT2D eigenvalue weighted by molar-refractivity contribution is -0.121. The average Bonchev–Trinajstić information content (AvgIpc) is 2.51. The summed E-state index contributed by atoms with van der Waals surface area (Å²) in [5, 5.41) is 3.39. The van der Waals surface area contributed by atoms with Crippen LogP contribution in [-0.2, 0) is 4.79 Å². The highest BCUT2D eigenvalue weighted by Gasteiger charge is 2.21. The Hall–Kier alpha value is -1.39. The summed E-state index contributed by atoms with van der Waals surface area (Å²) < 4.78 is 0. The quantitative estimate of drug-likeness (QED) is 0.725. The average molecular weight is 311 g/mol. The topological polar surface area (TPSA) is 72.2 Å². The maximum atomic E-state index is 11.9. The molecule has 1 aromatic carbocycles. The van der Waals surface area contributed by atoms with E-state index >= 15 is 0 Å². The van der Waals surface area contributed by atoms with E-state index in [4.69, 9.17) is 17.3 Å². The molecule has 0 bridgehead atoms. The molecule has 116 valence electrons. The monoisotopic (exact) mass is 310 g/mol. The van der Waals surface area contributed by atoms with E-state index in [1.54, 1.807) is 24.3 Å². The highest BCUT2D eigenvalue weighted by atomic mass is 35.5. The van der Waals surface area contributed by atoms with Crippen molar-refractivity contribution in [2.45, 2.75) is 45.1 Å². The van der Waals surface area contributed by atoms with Crippen molar-refractivity contribution in [3.63, 3.8) is 0 Å². The molecule has 0 radical (unpaired) electrons. The van der Waals surface area contributed by atoms with Gasteiger partial charge in [-0.2, -0.15) is 0 Å². The van der Waals surface area contributed by atoms with E-state index in [-0.39, 0.29) is 30.1 Å². The fourth-order valence-corrected chi connectivity index (χ4v) is 2.00. The van der Waals surface area contributed by atoms with Crippen molar-refractivity contribution in [3.05, 3.63) is 34.9 Å². The van der Waals surface area contributed by atoms with E-state index in [0.29, 0.717) is 17.1 Å². The van der Waals surface area contributed by atoms with E-state index in [1.807, 2.05) is 13.8 Å². The van der Waals surface area contributed by atoms with Gasteiger partial charge in [-0.25, -0.2) is 0 Å². The molecule has 5 heteroatoms. The Morgan fingerprint density at radius 1 is 1.14 bits per heavy atom. The molecule has 1 rings (SSSR count). The van der Waals surface area contributed by atoms with Crippen LogP contribution in [0.3, 0.4) is 0 Å². The lowest BCUT2D eigenvalue weighted by Gasteiger charge is -2.26. The van der Waals surface area contributed by atoms with Crippen LogP contribution in [0.2, 0.25) is 5.02 Å². The molecule has 0 heterocycles. The van der Waals surface area contributed by atoms with Crippen LogP contribution >= 0.6 is 11.6 Å². The van der Waals surface area contributed by atoms with Crippen molar-refractivity contribution in [2.75, 3.05) is 6.54 Å². The minimum Gasteiger partial charge on any atom is -0.354 e. The van der Waals surface area contributed by atoms with Gasteiger partial charge in [-0.1, -0.05) is 25.4 Å². The Bertz CT molecular complexity index is 482. The number of carbonyl (C=O) groups is 2. The van der Waals surface area contributed by atoms with E-state index in [9.17, 15) is 9.59 Å².